The number of rotatable bonds is 4. The number of ether oxygens (including phenoxy) is 1. The maximum atomic E-state index is 11.1. The summed E-state index contributed by atoms with van der Waals surface area (Å²) in [5.74, 6) is -1.37. The SMILES string of the molecule is N#Cc1nc(C(=O)O)c(O)c2ccc(OCc3ccccc3)cc12. The molecule has 0 aliphatic heterocycles. The maximum Gasteiger partial charge on any atom is 0.358 e. The number of nitriles is 1. The van der Waals surface area contributed by atoms with E-state index in [1.54, 1.807) is 12.1 Å². The molecule has 118 valence electrons. The van der Waals surface area contributed by atoms with Gasteiger partial charge in [0, 0.05) is 10.8 Å². The molecule has 6 heteroatoms. The first-order valence-corrected chi connectivity index (χ1v) is 7.07. The summed E-state index contributed by atoms with van der Waals surface area (Å²) in [5, 5.41) is 28.9. The molecule has 1 aromatic heterocycles. The number of carbonyl (C=O) groups is 1. The van der Waals surface area contributed by atoms with Crippen molar-refractivity contribution in [3.8, 4) is 17.6 Å². The Morgan fingerprint density at radius 3 is 2.58 bits per heavy atom. The smallest absolute Gasteiger partial charge is 0.358 e. The normalized spacial score (nSPS) is 10.3. The summed E-state index contributed by atoms with van der Waals surface area (Å²) < 4.78 is 5.68. The minimum absolute atomic E-state index is 0.0784. The van der Waals surface area contributed by atoms with Crippen molar-refractivity contribution in [1.82, 2.24) is 4.98 Å². The quantitative estimate of drug-likeness (QED) is 0.765. The van der Waals surface area contributed by atoms with Gasteiger partial charge in [0.15, 0.2) is 11.4 Å². The summed E-state index contributed by atoms with van der Waals surface area (Å²) in [6.45, 7) is 0.348. The highest BCUT2D eigenvalue weighted by Crippen LogP contribution is 2.32. The summed E-state index contributed by atoms with van der Waals surface area (Å²) in [7, 11) is 0. The number of carboxylic acids is 1. The predicted molar refractivity (Wildman–Crippen MR) is 85.9 cm³/mol. The van der Waals surface area contributed by atoms with Crippen molar-refractivity contribution in [2.24, 2.45) is 0 Å². The van der Waals surface area contributed by atoms with Crippen LogP contribution >= 0.6 is 0 Å². The van der Waals surface area contributed by atoms with Crippen LogP contribution in [0.3, 0.4) is 0 Å². The van der Waals surface area contributed by atoms with Gasteiger partial charge in [-0.05, 0) is 23.8 Å². The van der Waals surface area contributed by atoms with E-state index < -0.39 is 17.4 Å². The van der Waals surface area contributed by atoms with Crippen molar-refractivity contribution in [3.63, 3.8) is 0 Å². The first-order valence-electron chi connectivity index (χ1n) is 7.07. The van der Waals surface area contributed by atoms with Gasteiger partial charge < -0.3 is 14.9 Å². The van der Waals surface area contributed by atoms with Gasteiger partial charge in [-0.3, -0.25) is 0 Å². The van der Waals surface area contributed by atoms with E-state index >= 15 is 0 Å². The van der Waals surface area contributed by atoms with E-state index in [0.717, 1.165) is 5.56 Å². The third-order valence-corrected chi connectivity index (χ3v) is 3.51. The molecule has 0 fully saturated rings. The van der Waals surface area contributed by atoms with Gasteiger partial charge in [-0.2, -0.15) is 5.26 Å². The standard InChI is InChI=1S/C18H12N2O4/c19-9-15-14-8-12(24-10-11-4-2-1-3-5-11)6-7-13(14)17(21)16(20-15)18(22)23/h1-8,21H,10H2,(H,22,23). The molecule has 0 amide bonds. The zero-order valence-corrected chi connectivity index (χ0v) is 12.4. The molecule has 2 N–H and O–H groups in total. The molecule has 0 saturated carbocycles. The lowest BCUT2D eigenvalue weighted by Crippen LogP contribution is -2.03. The topological polar surface area (TPSA) is 103 Å². The van der Waals surface area contributed by atoms with Crippen LogP contribution in [0, 0.1) is 11.3 Å². The van der Waals surface area contributed by atoms with E-state index in [2.05, 4.69) is 4.98 Å². The van der Waals surface area contributed by atoms with Gasteiger partial charge in [0.05, 0.1) is 0 Å². The molecule has 0 bridgehead atoms. The highest BCUT2D eigenvalue weighted by molar-refractivity contribution is 6.00. The van der Waals surface area contributed by atoms with Crippen molar-refractivity contribution in [2.45, 2.75) is 6.61 Å². The number of nitrogens with zero attached hydrogens (tertiary/aromatic N) is 2. The molecule has 3 aromatic rings. The van der Waals surface area contributed by atoms with Gasteiger partial charge >= 0.3 is 5.97 Å². The number of benzene rings is 2. The van der Waals surface area contributed by atoms with E-state index in [-0.39, 0.29) is 11.1 Å². The van der Waals surface area contributed by atoms with E-state index in [9.17, 15) is 15.2 Å². The van der Waals surface area contributed by atoms with Crippen LogP contribution in [0.1, 0.15) is 21.7 Å². The summed E-state index contributed by atoms with van der Waals surface area (Å²) in [6, 6.07) is 16.1. The van der Waals surface area contributed by atoms with Gasteiger partial charge in [0.25, 0.3) is 0 Å². The number of pyridine rings is 1. The number of fused-ring (bicyclic) bond motifs is 1. The molecule has 0 unspecified atom stereocenters. The third kappa shape index (κ3) is 2.83. The van der Waals surface area contributed by atoms with Crippen LogP contribution < -0.4 is 4.74 Å². The van der Waals surface area contributed by atoms with Crippen LogP contribution in [-0.2, 0) is 6.61 Å². The Hall–Kier alpha value is -3.59. The largest absolute Gasteiger partial charge is 0.505 e. The van der Waals surface area contributed by atoms with E-state index in [1.807, 2.05) is 36.4 Å². The Kier molecular flexibility index (Phi) is 4.00. The van der Waals surface area contributed by atoms with Crippen LogP contribution in [0.15, 0.2) is 48.5 Å². The minimum atomic E-state index is -1.39. The average Bonchev–Trinajstić information content (AvgIpc) is 2.61. The second-order valence-corrected chi connectivity index (χ2v) is 5.06. The van der Waals surface area contributed by atoms with Gasteiger partial charge in [0.1, 0.15) is 24.1 Å². The van der Waals surface area contributed by atoms with Gasteiger partial charge in [-0.1, -0.05) is 30.3 Å². The number of aromatic carboxylic acids is 1. The zero-order chi connectivity index (χ0) is 17.1. The third-order valence-electron chi connectivity index (χ3n) is 3.51. The molecule has 0 aliphatic rings. The Morgan fingerprint density at radius 2 is 1.92 bits per heavy atom. The fourth-order valence-corrected chi connectivity index (χ4v) is 2.34. The molecule has 6 nitrogen and oxygen atoms in total. The van der Waals surface area contributed by atoms with Gasteiger partial charge in [0.2, 0.25) is 0 Å². The maximum absolute atomic E-state index is 11.1. The Morgan fingerprint density at radius 1 is 1.17 bits per heavy atom. The molecule has 1 heterocycles. The van der Waals surface area contributed by atoms with Crippen LogP contribution in [0.5, 0.6) is 11.5 Å². The van der Waals surface area contributed by atoms with Crippen molar-refractivity contribution < 1.29 is 19.7 Å². The molecular weight excluding hydrogens is 308 g/mol. The molecule has 2 aromatic carbocycles. The monoisotopic (exact) mass is 320 g/mol. The first kappa shape index (κ1) is 15.3. The first-order chi connectivity index (χ1) is 11.6. The predicted octanol–water partition coefficient (Wildman–Crippen LogP) is 3.09. The average molecular weight is 320 g/mol. The number of aromatic nitrogens is 1. The Labute approximate surface area is 137 Å². The van der Waals surface area contributed by atoms with Crippen molar-refractivity contribution in [3.05, 3.63) is 65.5 Å². The van der Waals surface area contributed by atoms with Crippen LogP contribution in [0.4, 0.5) is 0 Å². The Bertz CT molecular complexity index is 962. The molecular formula is C18H12N2O4. The van der Waals surface area contributed by atoms with Crippen molar-refractivity contribution in [2.75, 3.05) is 0 Å². The number of aromatic hydroxyl groups is 1. The lowest BCUT2D eigenvalue weighted by molar-refractivity contribution is 0.0687. The summed E-state index contributed by atoms with van der Waals surface area (Å²) in [6.07, 6.45) is 0. The lowest BCUT2D eigenvalue weighted by atomic mass is 10.1. The second-order valence-electron chi connectivity index (χ2n) is 5.06. The van der Waals surface area contributed by atoms with Gasteiger partial charge in [-0.15, -0.1) is 0 Å². The summed E-state index contributed by atoms with van der Waals surface area (Å²) in [5.41, 5.74) is 0.364. The highest BCUT2D eigenvalue weighted by Gasteiger charge is 2.18. The fourth-order valence-electron chi connectivity index (χ4n) is 2.34. The molecule has 0 radical (unpaired) electrons. The van der Waals surface area contributed by atoms with Crippen LogP contribution in [0.25, 0.3) is 10.8 Å². The number of hydrogen-bond acceptors (Lipinski definition) is 5. The molecule has 0 aliphatic carbocycles. The van der Waals surface area contributed by atoms with E-state index in [0.29, 0.717) is 17.7 Å². The van der Waals surface area contributed by atoms with Crippen molar-refractivity contribution in [1.29, 1.82) is 5.26 Å². The van der Waals surface area contributed by atoms with E-state index in [4.69, 9.17) is 9.84 Å². The highest BCUT2D eigenvalue weighted by atomic mass is 16.5. The molecule has 0 spiro atoms. The van der Waals surface area contributed by atoms with Crippen molar-refractivity contribution >= 4 is 16.7 Å². The fraction of sp³-hybridized carbons (Fsp3) is 0.0556. The molecule has 0 saturated heterocycles. The molecule has 3 rings (SSSR count). The lowest BCUT2D eigenvalue weighted by Gasteiger charge is -2.10. The molecule has 24 heavy (non-hydrogen) atoms. The number of carboxylic acid groups (broad SMARTS) is 1. The summed E-state index contributed by atoms with van der Waals surface area (Å²) in [4.78, 5) is 14.8. The van der Waals surface area contributed by atoms with Gasteiger partial charge in [-0.25, -0.2) is 9.78 Å². The molecule has 0 atom stereocenters. The van der Waals surface area contributed by atoms with Crippen LogP contribution in [-0.4, -0.2) is 21.2 Å². The summed E-state index contributed by atoms with van der Waals surface area (Å²) >= 11 is 0. The minimum Gasteiger partial charge on any atom is -0.505 e. The van der Waals surface area contributed by atoms with Crippen LogP contribution in [0.2, 0.25) is 0 Å². The number of hydrogen-bond donors (Lipinski definition) is 2. The van der Waals surface area contributed by atoms with E-state index in [1.165, 1.54) is 6.07 Å². The zero-order valence-electron chi connectivity index (χ0n) is 12.4. The Balaban J connectivity index is 2.00. The second kappa shape index (κ2) is 6.26.